The fourth-order valence-corrected chi connectivity index (χ4v) is 2.56. The summed E-state index contributed by atoms with van der Waals surface area (Å²) >= 11 is 0. The molecular weight excluding hydrogens is 213 g/mol. The third-order valence-electron chi connectivity index (χ3n) is 3.97. The molecule has 0 aromatic heterocycles. The minimum atomic E-state index is -1.34. The molecule has 1 atom stereocenters. The maximum Gasteiger partial charge on any atom is 0.148 e. The lowest BCUT2D eigenvalue weighted by Gasteiger charge is -2.28. The predicted octanol–water partition coefficient (Wildman–Crippen LogP) is 3.88. The van der Waals surface area contributed by atoms with Crippen molar-refractivity contribution in [2.45, 2.75) is 50.6 Å². The number of halogens is 1. The van der Waals surface area contributed by atoms with Gasteiger partial charge in [0.25, 0.3) is 0 Å². The van der Waals surface area contributed by atoms with E-state index in [-0.39, 0.29) is 6.54 Å². The second kappa shape index (κ2) is 5.18. The first-order valence-electron chi connectivity index (χ1n) is 6.69. The highest BCUT2D eigenvalue weighted by molar-refractivity contribution is 5.30. The van der Waals surface area contributed by atoms with E-state index in [2.05, 4.69) is 12.1 Å². The van der Waals surface area contributed by atoms with Crippen LogP contribution in [0.15, 0.2) is 24.3 Å². The molecule has 0 amide bonds. The lowest BCUT2D eigenvalue weighted by molar-refractivity contribution is 0.159. The van der Waals surface area contributed by atoms with Crippen molar-refractivity contribution >= 4 is 0 Å². The second-order valence-electron chi connectivity index (χ2n) is 5.17. The zero-order valence-electron chi connectivity index (χ0n) is 10.6. The molecule has 2 N–H and O–H groups in total. The highest BCUT2D eigenvalue weighted by atomic mass is 19.1. The summed E-state index contributed by atoms with van der Waals surface area (Å²) in [5.74, 6) is 0.710. The summed E-state index contributed by atoms with van der Waals surface area (Å²) < 4.78 is 14.6. The Morgan fingerprint density at radius 2 is 1.94 bits per heavy atom. The summed E-state index contributed by atoms with van der Waals surface area (Å²) in [4.78, 5) is 0. The summed E-state index contributed by atoms with van der Waals surface area (Å²) in [5.41, 5.74) is 6.34. The van der Waals surface area contributed by atoms with E-state index in [0.29, 0.717) is 12.3 Å². The Morgan fingerprint density at radius 1 is 1.29 bits per heavy atom. The maximum absolute atomic E-state index is 14.6. The van der Waals surface area contributed by atoms with Crippen molar-refractivity contribution in [2.24, 2.45) is 5.73 Å². The molecule has 0 aliphatic heterocycles. The average Bonchev–Trinajstić information content (AvgIpc) is 2.28. The van der Waals surface area contributed by atoms with E-state index in [0.717, 1.165) is 12.0 Å². The van der Waals surface area contributed by atoms with Crippen LogP contribution in [0.3, 0.4) is 0 Å². The molecule has 1 saturated carbocycles. The highest BCUT2D eigenvalue weighted by Crippen LogP contribution is 2.37. The predicted molar refractivity (Wildman–Crippen MR) is 69.8 cm³/mol. The van der Waals surface area contributed by atoms with Gasteiger partial charge >= 0.3 is 0 Å². The molecule has 0 bridgehead atoms. The fraction of sp³-hybridized carbons (Fsp3) is 0.600. The Hall–Kier alpha value is -0.890. The van der Waals surface area contributed by atoms with Gasteiger partial charge in [0.05, 0.1) is 0 Å². The normalized spacial score (nSPS) is 19.7. The van der Waals surface area contributed by atoms with Gasteiger partial charge in [-0.15, -0.1) is 0 Å². The van der Waals surface area contributed by atoms with Crippen molar-refractivity contribution in [3.63, 3.8) is 0 Å². The van der Waals surface area contributed by atoms with Crippen LogP contribution < -0.4 is 5.73 Å². The molecule has 1 unspecified atom stereocenters. The van der Waals surface area contributed by atoms with Crippen molar-refractivity contribution < 1.29 is 4.39 Å². The molecule has 0 radical (unpaired) electrons. The molecule has 0 saturated heterocycles. The number of rotatable bonds is 5. The van der Waals surface area contributed by atoms with Gasteiger partial charge in [0.1, 0.15) is 5.67 Å². The quantitative estimate of drug-likeness (QED) is 0.823. The molecule has 2 rings (SSSR count). The van der Waals surface area contributed by atoms with Gasteiger partial charge in [-0.25, -0.2) is 4.39 Å². The zero-order valence-corrected chi connectivity index (χ0v) is 10.6. The third-order valence-corrected chi connectivity index (χ3v) is 3.97. The van der Waals surface area contributed by atoms with E-state index in [4.69, 9.17) is 5.73 Å². The minimum Gasteiger partial charge on any atom is -0.327 e. The number of hydrogen-bond acceptors (Lipinski definition) is 1. The zero-order chi connectivity index (χ0) is 12.3. The van der Waals surface area contributed by atoms with Gasteiger partial charge in [-0.1, -0.05) is 44.0 Å². The Bertz CT molecular complexity index is 356. The monoisotopic (exact) mass is 235 g/mol. The Labute approximate surface area is 103 Å². The Morgan fingerprint density at radius 3 is 2.35 bits per heavy atom. The first-order chi connectivity index (χ1) is 8.19. The number of alkyl halides is 1. The van der Waals surface area contributed by atoms with Crippen LogP contribution in [-0.4, -0.2) is 6.54 Å². The van der Waals surface area contributed by atoms with Crippen LogP contribution in [0.4, 0.5) is 4.39 Å². The molecule has 2 heteroatoms. The van der Waals surface area contributed by atoms with Crippen LogP contribution in [0.25, 0.3) is 0 Å². The van der Waals surface area contributed by atoms with Crippen molar-refractivity contribution in [2.75, 3.05) is 6.54 Å². The van der Waals surface area contributed by atoms with E-state index < -0.39 is 5.67 Å². The van der Waals surface area contributed by atoms with Crippen LogP contribution in [0.5, 0.6) is 0 Å². The van der Waals surface area contributed by atoms with Gasteiger partial charge in [-0.05, 0) is 36.3 Å². The molecule has 1 fully saturated rings. The van der Waals surface area contributed by atoms with E-state index in [1.807, 2.05) is 19.1 Å². The van der Waals surface area contributed by atoms with E-state index in [1.54, 1.807) is 0 Å². The number of benzene rings is 1. The van der Waals surface area contributed by atoms with Crippen LogP contribution >= 0.6 is 0 Å². The van der Waals surface area contributed by atoms with Crippen molar-refractivity contribution in [1.29, 1.82) is 0 Å². The topological polar surface area (TPSA) is 26.0 Å². The standard InChI is InChI=1S/C15H22FN/c1-2-10-15(16,11-17)14-8-6-13(7-9-14)12-4-3-5-12/h6-9,12H,2-5,10-11,17H2,1H3. The average molecular weight is 235 g/mol. The first-order valence-corrected chi connectivity index (χ1v) is 6.69. The summed E-state index contributed by atoms with van der Waals surface area (Å²) in [6.45, 7) is 2.07. The molecular formula is C15H22FN. The molecule has 1 aromatic rings. The van der Waals surface area contributed by atoms with Gasteiger partial charge in [-0.2, -0.15) is 0 Å². The summed E-state index contributed by atoms with van der Waals surface area (Å²) in [5, 5.41) is 0. The Balaban J connectivity index is 2.15. The third kappa shape index (κ3) is 2.52. The molecule has 1 aliphatic carbocycles. The van der Waals surface area contributed by atoms with Gasteiger partial charge in [-0.3, -0.25) is 0 Å². The number of nitrogens with two attached hydrogens (primary N) is 1. The maximum atomic E-state index is 14.6. The minimum absolute atomic E-state index is 0.0730. The highest BCUT2D eigenvalue weighted by Gasteiger charge is 2.29. The molecule has 94 valence electrons. The second-order valence-corrected chi connectivity index (χ2v) is 5.17. The van der Waals surface area contributed by atoms with Gasteiger partial charge < -0.3 is 5.73 Å². The van der Waals surface area contributed by atoms with Crippen LogP contribution in [0.2, 0.25) is 0 Å². The van der Waals surface area contributed by atoms with Crippen LogP contribution in [0.1, 0.15) is 56.1 Å². The Kier molecular flexibility index (Phi) is 3.82. The first kappa shape index (κ1) is 12.6. The van der Waals surface area contributed by atoms with E-state index >= 15 is 0 Å². The molecule has 0 heterocycles. The fourth-order valence-electron chi connectivity index (χ4n) is 2.56. The van der Waals surface area contributed by atoms with Crippen molar-refractivity contribution in [3.8, 4) is 0 Å². The largest absolute Gasteiger partial charge is 0.327 e. The molecule has 1 aliphatic rings. The van der Waals surface area contributed by atoms with Gasteiger partial charge in [0, 0.05) is 6.54 Å². The lowest BCUT2D eigenvalue weighted by Crippen LogP contribution is -2.30. The lowest BCUT2D eigenvalue weighted by atomic mass is 9.79. The SMILES string of the molecule is CCCC(F)(CN)c1ccc(C2CCC2)cc1. The molecule has 17 heavy (non-hydrogen) atoms. The van der Waals surface area contributed by atoms with Crippen molar-refractivity contribution in [1.82, 2.24) is 0 Å². The molecule has 1 nitrogen and oxygen atoms in total. The van der Waals surface area contributed by atoms with Crippen molar-refractivity contribution in [3.05, 3.63) is 35.4 Å². The molecule has 1 aromatic carbocycles. The van der Waals surface area contributed by atoms with E-state index in [1.165, 1.54) is 24.8 Å². The van der Waals surface area contributed by atoms with Gasteiger partial charge in [0.2, 0.25) is 0 Å². The number of hydrogen-bond donors (Lipinski definition) is 1. The van der Waals surface area contributed by atoms with E-state index in [9.17, 15) is 4.39 Å². The van der Waals surface area contributed by atoms with Crippen LogP contribution in [0, 0.1) is 0 Å². The summed E-state index contributed by atoms with van der Waals surface area (Å²) in [6, 6.07) is 8.02. The van der Waals surface area contributed by atoms with Gasteiger partial charge in [0.15, 0.2) is 0 Å². The summed E-state index contributed by atoms with van der Waals surface area (Å²) in [7, 11) is 0. The smallest absolute Gasteiger partial charge is 0.148 e. The summed E-state index contributed by atoms with van der Waals surface area (Å²) in [6.07, 6.45) is 5.22. The van der Waals surface area contributed by atoms with Crippen LogP contribution in [-0.2, 0) is 5.67 Å². The molecule has 0 spiro atoms.